The van der Waals surface area contributed by atoms with E-state index in [9.17, 15) is 24.1 Å². The number of rotatable bonds is 5. The van der Waals surface area contributed by atoms with Gasteiger partial charge in [-0.3, -0.25) is 14.9 Å². The van der Waals surface area contributed by atoms with Crippen LogP contribution < -0.4 is 5.32 Å². The van der Waals surface area contributed by atoms with Crippen LogP contribution in [0.3, 0.4) is 0 Å². The van der Waals surface area contributed by atoms with Crippen LogP contribution in [0.4, 0.5) is 15.8 Å². The molecule has 0 aromatic heterocycles. The van der Waals surface area contributed by atoms with Gasteiger partial charge in [-0.1, -0.05) is 23.2 Å². The van der Waals surface area contributed by atoms with E-state index in [0.29, 0.717) is 0 Å². The molecule has 2 aromatic rings. The first-order valence-electron chi connectivity index (χ1n) is 6.64. The summed E-state index contributed by atoms with van der Waals surface area (Å²) in [6, 6.07) is 6.84. The maximum absolute atomic E-state index is 13.6. The Hall–Kier alpha value is -2.71. The van der Waals surface area contributed by atoms with E-state index in [-0.39, 0.29) is 27.0 Å². The van der Waals surface area contributed by atoms with E-state index in [2.05, 4.69) is 5.32 Å². The van der Waals surface area contributed by atoms with Crippen LogP contribution in [-0.2, 0) is 9.53 Å². The third-order valence-electron chi connectivity index (χ3n) is 2.92. The van der Waals surface area contributed by atoms with Gasteiger partial charge in [0.1, 0.15) is 5.82 Å². The zero-order chi connectivity index (χ0) is 18.6. The van der Waals surface area contributed by atoms with Gasteiger partial charge in [0.05, 0.1) is 21.2 Å². The van der Waals surface area contributed by atoms with Crippen molar-refractivity contribution in [1.29, 1.82) is 0 Å². The Morgan fingerprint density at radius 1 is 1.20 bits per heavy atom. The van der Waals surface area contributed by atoms with Gasteiger partial charge in [0.15, 0.2) is 6.61 Å². The van der Waals surface area contributed by atoms with Crippen molar-refractivity contribution in [3.63, 3.8) is 0 Å². The number of amides is 1. The summed E-state index contributed by atoms with van der Waals surface area (Å²) in [6.07, 6.45) is 0. The number of carbonyl (C=O) groups is 2. The Morgan fingerprint density at radius 2 is 1.92 bits per heavy atom. The van der Waals surface area contributed by atoms with E-state index in [1.54, 1.807) is 0 Å². The number of hydrogen-bond acceptors (Lipinski definition) is 5. The number of ether oxygens (including phenoxy) is 1. The quantitative estimate of drug-likeness (QED) is 0.478. The predicted octanol–water partition coefficient (Wildman–Crippen LogP) is 3.84. The summed E-state index contributed by atoms with van der Waals surface area (Å²) in [7, 11) is 0. The number of halogens is 3. The number of nitrogens with zero attached hydrogens (tertiary/aromatic N) is 1. The standard InChI is InChI=1S/C15H9Cl2FN2O5/c16-8-1-4-13(12(18)5-8)19-14(21)7-25-15(22)10-6-9(20(23)24)2-3-11(10)17/h1-6H,7H2,(H,19,21). The average molecular weight is 387 g/mol. The molecule has 0 aliphatic rings. The molecular weight excluding hydrogens is 378 g/mol. The van der Waals surface area contributed by atoms with E-state index in [1.165, 1.54) is 18.2 Å². The van der Waals surface area contributed by atoms with Crippen LogP contribution in [0.15, 0.2) is 36.4 Å². The number of nitro groups is 1. The van der Waals surface area contributed by atoms with Gasteiger partial charge in [0.2, 0.25) is 0 Å². The van der Waals surface area contributed by atoms with Crippen molar-refractivity contribution in [2.75, 3.05) is 11.9 Å². The lowest BCUT2D eigenvalue weighted by Gasteiger charge is -2.08. The molecule has 0 aliphatic carbocycles. The van der Waals surface area contributed by atoms with Gasteiger partial charge in [-0.25, -0.2) is 9.18 Å². The lowest BCUT2D eigenvalue weighted by Crippen LogP contribution is -2.21. The molecule has 0 unspecified atom stereocenters. The van der Waals surface area contributed by atoms with Crippen molar-refractivity contribution in [3.05, 3.63) is 67.9 Å². The molecule has 0 radical (unpaired) electrons. The summed E-state index contributed by atoms with van der Waals surface area (Å²) in [4.78, 5) is 33.6. The minimum absolute atomic E-state index is 0.0697. The smallest absolute Gasteiger partial charge is 0.340 e. The molecule has 130 valence electrons. The third kappa shape index (κ3) is 4.88. The molecule has 7 nitrogen and oxygen atoms in total. The first-order valence-corrected chi connectivity index (χ1v) is 7.39. The molecule has 2 rings (SSSR count). The molecule has 0 heterocycles. The number of nitro benzene ring substituents is 1. The number of nitrogens with one attached hydrogen (secondary N) is 1. The first-order chi connectivity index (χ1) is 11.8. The molecule has 2 aromatic carbocycles. The number of non-ortho nitro benzene ring substituents is 1. The second kappa shape index (κ2) is 7.91. The van der Waals surface area contributed by atoms with Crippen LogP contribution in [0.1, 0.15) is 10.4 Å². The zero-order valence-electron chi connectivity index (χ0n) is 12.3. The average Bonchev–Trinajstić information content (AvgIpc) is 2.55. The summed E-state index contributed by atoms with van der Waals surface area (Å²) < 4.78 is 18.3. The fraction of sp³-hybridized carbons (Fsp3) is 0.0667. The van der Waals surface area contributed by atoms with Crippen LogP contribution in [0.2, 0.25) is 10.0 Å². The van der Waals surface area contributed by atoms with Crippen LogP contribution in [0, 0.1) is 15.9 Å². The summed E-state index contributed by atoms with van der Waals surface area (Å²) in [5.74, 6) is -2.59. The van der Waals surface area contributed by atoms with Crippen molar-refractivity contribution in [2.45, 2.75) is 0 Å². The van der Waals surface area contributed by atoms with Crippen molar-refractivity contribution in [2.24, 2.45) is 0 Å². The Labute approximate surface area is 150 Å². The molecule has 0 spiro atoms. The Kier molecular flexibility index (Phi) is 5.89. The fourth-order valence-electron chi connectivity index (χ4n) is 1.77. The largest absolute Gasteiger partial charge is 0.452 e. The Bertz CT molecular complexity index is 860. The lowest BCUT2D eigenvalue weighted by molar-refractivity contribution is -0.384. The zero-order valence-corrected chi connectivity index (χ0v) is 13.8. The van der Waals surface area contributed by atoms with Crippen LogP contribution in [0.5, 0.6) is 0 Å². The molecule has 0 fully saturated rings. The predicted molar refractivity (Wildman–Crippen MR) is 88.4 cm³/mol. The molecule has 1 N–H and O–H groups in total. The second-order valence-corrected chi connectivity index (χ2v) is 5.51. The highest BCUT2D eigenvalue weighted by Gasteiger charge is 2.18. The van der Waals surface area contributed by atoms with E-state index >= 15 is 0 Å². The molecule has 0 saturated carbocycles. The van der Waals surface area contributed by atoms with Crippen molar-refractivity contribution in [1.82, 2.24) is 0 Å². The van der Waals surface area contributed by atoms with Gasteiger partial charge in [-0.05, 0) is 24.3 Å². The lowest BCUT2D eigenvalue weighted by atomic mass is 10.2. The Balaban J connectivity index is 2.01. The molecule has 25 heavy (non-hydrogen) atoms. The number of hydrogen-bond donors (Lipinski definition) is 1. The van der Waals surface area contributed by atoms with E-state index < -0.39 is 29.2 Å². The van der Waals surface area contributed by atoms with Crippen LogP contribution >= 0.6 is 23.2 Å². The van der Waals surface area contributed by atoms with Gasteiger partial charge in [0, 0.05) is 17.2 Å². The minimum atomic E-state index is -1.03. The SMILES string of the molecule is O=C(COC(=O)c1cc([N+](=O)[O-])ccc1Cl)Nc1ccc(Cl)cc1F. The topological polar surface area (TPSA) is 98.5 Å². The van der Waals surface area contributed by atoms with Crippen molar-refractivity contribution < 1.29 is 23.6 Å². The molecule has 0 saturated heterocycles. The highest BCUT2D eigenvalue weighted by atomic mass is 35.5. The second-order valence-electron chi connectivity index (χ2n) is 4.67. The highest BCUT2D eigenvalue weighted by molar-refractivity contribution is 6.33. The van der Waals surface area contributed by atoms with Gasteiger partial charge >= 0.3 is 5.97 Å². The van der Waals surface area contributed by atoms with Gasteiger partial charge in [-0.15, -0.1) is 0 Å². The van der Waals surface area contributed by atoms with E-state index in [0.717, 1.165) is 18.2 Å². The first kappa shape index (κ1) is 18.6. The van der Waals surface area contributed by atoms with Crippen molar-refractivity contribution in [3.8, 4) is 0 Å². The number of esters is 1. The van der Waals surface area contributed by atoms with Crippen LogP contribution in [-0.4, -0.2) is 23.4 Å². The highest BCUT2D eigenvalue weighted by Crippen LogP contribution is 2.23. The number of anilines is 1. The summed E-state index contributed by atoms with van der Waals surface area (Å²) >= 11 is 11.4. The molecular formula is C15H9Cl2FN2O5. The third-order valence-corrected chi connectivity index (χ3v) is 3.48. The summed E-state index contributed by atoms with van der Waals surface area (Å²) in [5.41, 5.74) is -0.760. The summed E-state index contributed by atoms with van der Waals surface area (Å²) in [6.45, 7) is -0.736. The molecule has 0 bridgehead atoms. The van der Waals surface area contributed by atoms with E-state index in [1.807, 2.05) is 0 Å². The van der Waals surface area contributed by atoms with Crippen LogP contribution in [0.25, 0.3) is 0 Å². The van der Waals surface area contributed by atoms with Gasteiger partial charge < -0.3 is 10.1 Å². The maximum atomic E-state index is 13.6. The summed E-state index contributed by atoms with van der Waals surface area (Å²) in [5, 5.41) is 13.0. The molecule has 0 aliphatic heterocycles. The van der Waals surface area contributed by atoms with Crippen molar-refractivity contribution >= 4 is 46.5 Å². The van der Waals surface area contributed by atoms with Gasteiger partial charge in [-0.2, -0.15) is 0 Å². The fourth-order valence-corrected chi connectivity index (χ4v) is 2.12. The Morgan fingerprint density at radius 3 is 2.56 bits per heavy atom. The monoisotopic (exact) mass is 386 g/mol. The molecule has 1 amide bonds. The van der Waals surface area contributed by atoms with Gasteiger partial charge in [0.25, 0.3) is 11.6 Å². The molecule has 10 heteroatoms. The number of benzene rings is 2. The van der Waals surface area contributed by atoms with E-state index in [4.69, 9.17) is 27.9 Å². The molecule has 0 atom stereocenters. The minimum Gasteiger partial charge on any atom is -0.452 e. The maximum Gasteiger partial charge on any atom is 0.340 e. The normalized spacial score (nSPS) is 10.2. The number of carbonyl (C=O) groups excluding carboxylic acids is 2.